The molecule has 1 heterocycles. The minimum atomic E-state index is -0.183. The first-order valence-electron chi connectivity index (χ1n) is 9.12. The SMILES string of the molecule is COc1ccc(OC)c(CCNC(=O)CN2C(=O)CCSc3ccccc32)c1. The summed E-state index contributed by atoms with van der Waals surface area (Å²) in [6, 6.07) is 13.3. The van der Waals surface area contributed by atoms with Gasteiger partial charge in [-0.15, -0.1) is 11.8 Å². The van der Waals surface area contributed by atoms with Crippen molar-refractivity contribution in [2.75, 3.05) is 38.0 Å². The van der Waals surface area contributed by atoms with Crippen LogP contribution in [0, 0.1) is 0 Å². The van der Waals surface area contributed by atoms with Crippen molar-refractivity contribution in [1.82, 2.24) is 5.32 Å². The van der Waals surface area contributed by atoms with Gasteiger partial charge >= 0.3 is 0 Å². The first-order chi connectivity index (χ1) is 13.6. The molecular formula is C21H24N2O4S. The zero-order chi connectivity index (χ0) is 19.9. The summed E-state index contributed by atoms with van der Waals surface area (Å²) in [7, 11) is 3.23. The maximum absolute atomic E-state index is 12.5. The van der Waals surface area contributed by atoms with Crippen LogP contribution in [-0.2, 0) is 16.0 Å². The summed E-state index contributed by atoms with van der Waals surface area (Å²) in [6.45, 7) is 0.465. The lowest BCUT2D eigenvalue weighted by molar-refractivity contribution is -0.123. The number of hydrogen-bond acceptors (Lipinski definition) is 5. The van der Waals surface area contributed by atoms with Gasteiger partial charge in [0, 0.05) is 23.6 Å². The summed E-state index contributed by atoms with van der Waals surface area (Å²) in [5.41, 5.74) is 1.76. The second-order valence-electron chi connectivity index (χ2n) is 6.32. The van der Waals surface area contributed by atoms with Gasteiger partial charge in [-0.2, -0.15) is 0 Å². The lowest BCUT2D eigenvalue weighted by atomic mass is 10.1. The third kappa shape index (κ3) is 4.78. The summed E-state index contributed by atoms with van der Waals surface area (Å²) in [5, 5.41) is 2.90. The van der Waals surface area contributed by atoms with Crippen LogP contribution in [0.2, 0.25) is 0 Å². The molecule has 0 saturated heterocycles. The first kappa shape index (κ1) is 20.1. The Labute approximate surface area is 169 Å². The molecule has 3 rings (SSSR count). The Hall–Kier alpha value is -2.67. The minimum absolute atomic E-state index is 0.0195. The topological polar surface area (TPSA) is 67.9 Å². The molecule has 0 radical (unpaired) electrons. The Morgan fingerprint density at radius 1 is 1.18 bits per heavy atom. The van der Waals surface area contributed by atoms with E-state index in [1.54, 1.807) is 30.9 Å². The summed E-state index contributed by atoms with van der Waals surface area (Å²) in [5.74, 6) is 2.01. The normalized spacial score (nSPS) is 13.5. The number of nitrogens with one attached hydrogen (secondary N) is 1. The van der Waals surface area contributed by atoms with Gasteiger partial charge in [0.15, 0.2) is 0 Å². The van der Waals surface area contributed by atoms with E-state index in [9.17, 15) is 9.59 Å². The number of carbonyl (C=O) groups is 2. The zero-order valence-corrected chi connectivity index (χ0v) is 16.9. The molecule has 1 aliphatic heterocycles. The number of rotatable bonds is 7. The van der Waals surface area contributed by atoms with Gasteiger partial charge in [-0.25, -0.2) is 0 Å². The van der Waals surface area contributed by atoms with E-state index in [1.165, 1.54) is 0 Å². The lowest BCUT2D eigenvalue weighted by Gasteiger charge is -2.22. The van der Waals surface area contributed by atoms with Gasteiger partial charge in [0.25, 0.3) is 0 Å². The van der Waals surface area contributed by atoms with E-state index in [2.05, 4.69) is 5.32 Å². The van der Waals surface area contributed by atoms with Crippen LogP contribution in [0.3, 0.4) is 0 Å². The molecule has 0 bridgehead atoms. The number of methoxy groups -OCH3 is 2. The van der Waals surface area contributed by atoms with Crippen molar-refractivity contribution in [3.8, 4) is 11.5 Å². The summed E-state index contributed by atoms with van der Waals surface area (Å²) in [6.07, 6.45) is 1.03. The summed E-state index contributed by atoms with van der Waals surface area (Å²) >= 11 is 1.65. The number of hydrogen-bond donors (Lipinski definition) is 1. The van der Waals surface area contributed by atoms with E-state index in [0.717, 1.165) is 33.4 Å². The minimum Gasteiger partial charge on any atom is -0.497 e. The molecule has 28 heavy (non-hydrogen) atoms. The van der Waals surface area contributed by atoms with Crippen molar-refractivity contribution in [3.63, 3.8) is 0 Å². The van der Waals surface area contributed by atoms with Gasteiger partial charge in [0.2, 0.25) is 11.8 Å². The van der Waals surface area contributed by atoms with Gasteiger partial charge in [-0.3, -0.25) is 9.59 Å². The number of amides is 2. The molecule has 148 valence electrons. The maximum Gasteiger partial charge on any atom is 0.240 e. The van der Waals surface area contributed by atoms with Crippen LogP contribution < -0.4 is 19.7 Å². The highest BCUT2D eigenvalue weighted by molar-refractivity contribution is 7.99. The Morgan fingerprint density at radius 3 is 2.79 bits per heavy atom. The summed E-state index contributed by atoms with van der Waals surface area (Å²) in [4.78, 5) is 27.6. The molecule has 7 heteroatoms. The highest BCUT2D eigenvalue weighted by atomic mass is 32.2. The first-order valence-corrected chi connectivity index (χ1v) is 10.1. The second-order valence-corrected chi connectivity index (χ2v) is 7.46. The van der Waals surface area contributed by atoms with Gasteiger partial charge < -0.3 is 19.7 Å². The van der Waals surface area contributed by atoms with Crippen LogP contribution in [0.5, 0.6) is 11.5 Å². The molecular weight excluding hydrogens is 376 g/mol. The van der Waals surface area contributed by atoms with Crippen molar-refractivity contribution < 1.29 is 19.1 Å². The predicted molar refractivity (Wildman–Crippen MR) is 110 cm³/mol. The molecule has 2 amide bonds. The monoisotopic (exact) mass is 400 g/mol. The van der Waals surface area contributed by atoms with Gasteiger partial charge in [-0.1, -0.05) is 12.1 Å². The third-order valence-electron chi connectivity index (χ3n) is 4.54. The zero-order valence-electron chi connectivity index (χ0n) is 16.1. The average Bonchev–Trinajstić information content (AvgIpc) is 2.87. The molecule has 0 aromatic heterocycles. The highest BCUT2D eigenvalue weighted by Crippen LogP contribution is 2.33. The Bertz CT molecular complexity index is 856. The Kier molecular flexibility index (Phi) is 6.81. The Balaban J connectivity index is 1.61. The quantitative estimate of drug-likeness (QED) is 0.774. The largest absolute Gasteiger partial charge is 0.497 e. The molecule has 0 aliphatic carbocycles. The number of thioether (sulfide) groups is 1. The van der Waals surface area contributed by atoms with Crippen molar-refractivity contribution in [2.45, 2.75) is 17.7 Å². The van der Waals surface area contributed by atoms with Crippen LogP contribution in [-0.4, -0.2) is 44.9 Å². The van der Waals surface area contributed by atoms with Gasteiger partial charge in [0.05, 0.1) is 19.9 Å². The fraction of sp³-hybridized carbons (Fsp3) is 0.333. The van der Waals surface area contributed by atoms with Crippen molar-refractivity contribution >= 4 is 29.3 Å². The van der Waals surface area contributed by atoms with Gasteiger partial charge in [0.1, 0.15) is 18.0 Å². The lowest BCUT2D eigenvalue weighted by Crippen LogP contribution is -2.41. The van der Waals surface area contributed by atoms with Crippen LogP contribution in [0.1, 0.15) is 12.0 Å². The number of fused-ring (bicyclic) bond motifs is 1. The molecule has 1 aliphatic rings. The highest BCUT2D eigenvalue weighted by Gasteiger charge is 2.24. The molecule has 0 unspecified atom stereocenters. The van der Waals surface area contributed by atoms with E-state index < -0.39 is 0 Å². The van der Waals surface area contributed by atoms with E-state index in [1.807, 2.05) is 42.5 Å². The number of anilines is 1. The van der Waals surface area contributed by atoms with Crippen LogP contribution in [0.4, 0.5) is 5.69 Å². The van der Waals surface area contributed by atoms with Crippen LogP contribution >= 0.6 is 11.8 Å². The van der Waals surface area contributed by atoms with E-state index in [0.29, 0.717) is 19.4 Å². The standard InChI is InChI=1S/C21H24N2O4S/c1-26-16-7-8-18(27-2)15(13-16)9-11-22-20(24)14-23-17-5-3-4-6-19(17)28-12-10-21(23)25/h3-8,13H,9-12,14H2,1-2H3,(H,22,24). The third-order valence-corrected chi connectivity index (χ3v) is 5.60. The smallest absolute Gasteiger partial charge is 0.240 e. The molecule has 0 spiro atoms. The number of ether oxygens (including phenoxy) is 2. The fourth-order valence-electron chi connectivity index (χ4n) is 3.11. The average molecular weight is 401 g/mol. The van der Waals surface area contributed by atoms with E-state index in [4.69, 9.17) is 9.47 Å². The number of carbonyl (C=O) groups excluding carboxylic acids is 2. The molecule has 2 aromatic rings. The van der Waals surface area contributed by atoms with Crippen LogP contribution in [0.15, 0.2) is 47.4 Å². The molecule has 1 N–H and O–H groups in total. The summed E-state index contributed by atoms with van der Waals surface area (Å²) < 4.78 is 10.6. The van der Waals surface area contributed by atoms with E-state index in [-0.39, 0.29) is 18.4 Å². The molecule has 6 nitrogen and oxygen atoms in total. The van der Waals surface area contributed by atoms with Crippen LogP contribution in [0.25, 0.3) is 0 Å². The maximum atomic E-state index is 12.5. The molecule has 0 fully saturated rings. The van der Waals surface area contributed by atoms with E-state index >= 15 is 0 Å². The fourth-order valence-corrected chi connectivity index (χ4v) is 4.10. The second kappa shape index (κ2) is 9.50. The molecule has 0 atom stereocenters. The number of para-hydroxylation sites is 1. The molecule has 2 aromatic carbocycles. The van der Waals surface area contributed by atoms with Gasteiger partial charge in [-0.05, 0) is 42.3 Å². The Morgan fingerprint density at radius 2 is 2.00 bits per heavy atom. The predicted octanol–water partition coefficient (Wildman–Crippen LogP) is 2.89. The van der Waals surface area contributed by atoms with Crippen molar-refractivity contribution in [3.05, 3.63) is 48.0 Å². The van der Waals surface area contributed by atoms with Crippen molar-refractivity contribution in [1.29, 1.82) is 0 Å². The van der Waals surface area contributed by atoms with Crippen molar-refractivity contribution in [2.24, 2.45) is 0 Å². The number of nitrogens with zero attached hydrogens (tertiary/aromatic N) is 1. The molecule has 0 saturated carbocycles. The number of benzene rings is 2.